The second-order valence-corrected chi connectivity index (χ2v) is 9.55. The van der Waals surface area contributed by atoms with Crippen LogP contribution in [0.25, 0.3) is 0 Å². The highest BCUT2D eigenvalue weighted by Crippen LogP contribution is 2.16. The first kappa shape index (κ1) is 30.8. The van der Waals surface area contributed by atoms with E-state index in [-0.39, 0.29) is 17.9 Å². The highest BCUT2D eigenvalue weighted by molar-refractivity contribution is 5.86. The third kappa shape index (κ3) is 20.7. The van der Waals surface area contributed by atoms with Crippen LogP contribution in [0, 0.1) is 5.92 Å². The number of unbranched alkanes of at least 4 members (excludes halogenated alkanes) is 15. The number of rotatable bonds is 23. The van der Waals surface area contributed by atoms with Crippen LogP contribution >= 0.6 is 0 Å². The standard InChI is InChI=1S/C28H52O4/c1-4-6-23-26(5-2)28(31)32-27(30)24-21-19-17-15-13-11-9-7-8-10-12-14-16-18-20-22-25(3)29/h26H,4-24H2,1-3H3. The molecule has 0 fully saturated rings. The molecule has 4 nitrogen and oxygen atoms in total. The van der Waals surface area contributed by atoms with Crippen molar-refractivity contribution < 1.29 is 19.1 Å². The minimum atomic E-state index is -0.346. The van der Waals surface area contributed by atoms with Gasteiger partial charge in [-0.1, -0.05) is 110 Å². The van der Waals surface area contributed by atoms with Crippen molar-refractivity contribution in [1.29, 1.82) is 0 Å². The van der Waals surface area contributed by atoms with Crippen LogP contribution in [0.1, 0.15) is 156 Å². The molecule has 0 heterocycles. The van der Waals surface area contributed by atoms with Gasteiger partial charge in [0.2, 0.25) is 0 Å². The fraction of sp³-hybridized carbons (Fsp3) is 0.893. The molecule has 1 unspecified atom stereocenters. The predicted molar refractivity (Wildman–Crippen MR) is 134 cm³/mol. The van der Waals surface area contributed by atoms with Crippen LogP contribution in [0.3, 0.4) is 0 Å². The summed E-state index contributed by atoms with van der Waals surface area (Å²) in [5.74, 6) is -0.472. The molecule has 0 aliphatic carbocycles. The highest BCUT2D eigenvalue weighted by Gasteiger charge is 2.20. The lowest BCUT2D eigenvalue weighted by atomic mass is 10.00. The molecule has 1 atom stereocenters. The van der Waals surface area contributed by atoms with Crippen molar-refractivity contribution in [1.82, 2.24) is 0 Å². The van der Waals surface area contributed by atoms with Crippen molar-refractivity contribution in [3.63, 3.8) is 0 Å². The van der Waals surface area contributed by atoms with Gasteiger partial charge >= 0.3 is 11.9 Å². The van der Waals surface area contributed by atoms with Gasteiger partial charge in [-0.3, -0.25) is 9.59 Å². The van der Waals surface area contributed by atoms with Gasteiger partial charge in [0.15, 0.2) is 0 Å². The molecule has 32 heavy (non-hydrogen) atoms. The van der Waals surface area contributed by atoms with Gasteiger partial charge in [0.1, 0.15) is 5.78 Å². The van der Waals surface area contributed by atoms with E-state index in [0.29, 0.717) is 12.2 Å². The summed E-state index contributed by atoms with van der Waals surface area (Å²) >= 11 is 0. The van der Waals surface area contributed by atoms with E-state index in [1.54, 1.807) is 6.92 Å². The number of carbonyl (C=O) groups is 3. The first-order chi connectivity index (χ1) is 15.5. The zero-order valence-corrected chi connectivity index (χ0v) is 21.6. The molecule has 0 saturated heterocycles. The van der Waals surface area contributed by atoms with Gasteiger partial charge < -0.3 is 9.53 Å². The minimum absolute atomic E-state index is 0.123. The Bertz CT molecular complexity index is 472. The van der Waals surface area contributed by atoms with E-state index < -0.39 is 0 Å². The summed E-state index contributed by atoms with van der Waals surface area (Å²) < 4.78 is 5.04. The van der Waals surface area contributed by atoms with Crippen molar-refractivity contribution in [3.8, 4) is 0 Å². The van der Waals surface area contributed by atoms with Gasteiger partial charge in [0, 0.05) is 12.8 Å². The maximum Gasteiger partial charge on any atom is 0.316 e. The van der Waals surface area contributed by atoms with Gasteiger partial charge in [0.25, 0.3) is 0 Å². The summed E-state index contributed by atoms with van der Waals surface area (Å²) in [7, 11) is 0. The van der Waals surface area contributed by atoms with E-state index in [2.05, 4.69) is 6.92 Å². The minimum Gasteiger partial charge on any atom is -0.393 e. The topological polar surface area (TPSA) is 60.4 Å². The second-order valence-electron chi connectivity index (χ2n) is 9.55. The van der Waals surface area contributed by atoms with Crippen LogP contribution in [0.15, 0.2) is 0 Å². The number of carbonyl (C=O) groups excluding carboxylic acids is 3. The van der Waals surface area contributed by atoms with Crippen LogP contribution in [-0.2, 0) is 19.1 Å². The maximum atomic E-state index is 12.0. The third-order valence-electron chi connectivity index (χ3n) is 6.36. The summed E-state index contributed by atoms with van der Waals surface area (Å²) in [6.07, 6.45) is 23.2. The molecule has 0 radical (unpaired) electrons. The summed E-state index contributed by atoms with van der Waals surface area (Å²) in [4.78, 5) is 34.8. The Hall–Kier alpha value is -1.19. The zero-order valence-electron chi connectivity index (χ0n) is 21.6. The van der Waals surface area contributed by atoms with Gasteiger partial charge in [-0.25, -0.2) is 0 Å². The number of Topliss-reactive ketones (excluding diaryl/α,β-unsaturated/α-hetero) is 1. The molecule has 188 valence electrons. The monoisotopic (exact) mass is 452 g/mol. The molecular formula is C28H52O4. The van der Waals surface area contributed by atoms with E-state index in [1.807, 2.05) is 6.92 Å². The van der Waals surface area contributed by atoms with Gasteiger partial charge in [-0.05, 0) is 32.6 Å². The average Bonchev–Trinajstić information content (AvgIpc) is 2.76. The number of ketones is 1. The molecule has 0 aliphatic heterocycles. The quantitative estimate of drug-likeness (QED) is 0.0885. The molecule has 0 N–H and O–H groups in total. The highest BCUT2D eigenvalue weighted by atomic mass is 16.6. The number of ether oxygens (including phenoxy) is 1. The molecule has 0 spiro atoms. The fourth-order valence-electron chi connectivity index (χ4n) is 4.13. The van der Waals surface area contributed by atoms with E-state index >= 15 is 0 Å². The third-order valence-corrected chi connectivity index (χ3v) is 6.36. The van der Waals surface area contributed by atoms with Crippen molar-refractivity contribution in [2.75, 3.05) is 0 Å². The molecule has 4 heteroatoms. The van der Waals surface area contributed by atoms with Crippen LogP contribution < -0.4 is 0 Å². The number of hydrogen-bond acceptors (Lipinski definition) is 4. The van der Waals surface area contributed by atoms with Crippen molar-refractivity contribution in [3.05, 3.63) is 0 Å². The average molecular weight is 453 g/mol. The van der Waals surface area contributed by atoms with Crippen molar-refractivity contribution in [2.24, 2.45) is 5.92 Å². The Morgan fingerprint density at radius 3 is 1.38 bits per heavy atom. The van der Waals surface area contributed by atoms with E-state index in [9.17, 15) is 14.4 Å². The smallest absolute Gasteiger partial charge is 0.316 e. The Kier molecular flexibility index (Phi) is 22.1. The molecule has 0 saturated carbocycles. The SMILES string of the molecule is CCCCC(CC)C(=O)OC(=O)CCCCCCCCCCCCCCCCCC(C)=O. The fourth-order valence-corrected chi connectivity index (χ4v) is 4.13. The van der Waals surface area contributed by atoms with E-state index in [0.717, 1.165) is 51.4 Å². The number of esters is 2. The Balaban J connectivity index is 3.37. The van der Waals surface area contributed by atoms with Crippen LogP contribution in [-0.4, -0.2) is 17.7 Å². The van der Waals surface area contributed by atoms with E-state index in [4.69, 9.17) is 4.74 Å². The molecule has 0 aliphatic rings. The molecule has 0 amide bonds. The zero-order chi connectivity index (χ0) is 23.9. The van der Waals surface area contributed by atoms with Gasteiger partial charge in [0.05, 0.1) is 5.92 Å². The van der Waals surface area contributed by atoms with Crippen LogP contribution in [0.2, 0.25) is 0 Å². The first-order valence-electron chi connectivity index (χ1n) is 13.7. The second kappa shape index (κ2) is 23.0. The maximum absolute atomic E-state index is 12.0. The lowest BCUT2D eigenvalue weighted by molar-refractivity contribution is -0.163. The first-order valence-corrected chi connectivity index (χ1v) is 13.7. The number of hydrogen-bond donors (Lipinski definition) is 0. The van der Waals surface area contributed by atoms with Crippen molar-refractivity contribution in [2.45, 2.75) is 156 Å². The van der Waals surface area contributed by atoms with Crippen LogP contribution in [0.5, 0.6) is 0 Å². The lowest BCUT2D eigenvalue weighted by Crippen LogP contribution is -2.20. The Morgan fingerprint density at radius 2 is 1.00 bits per heavy atom. The summed E-state index contributed by atoms with van der Waals surface area (Å²) in [6.45, 7) is 5.77. The molecule has 0 aromatic heterocycles. The molecule has 0 bridgehead atoms. The van der Waals surface area contributed by atoms with Crippen LogP contribution in [0.4, 0.5) is 0 Å². The summed E-state index contributed by atoms with van der Waals surface area (Å²) in [6, 6.07) is 0. The normalized spacial score (nSPS) is 12.0. The molecule has 0 rings (SSSR count). The predicted octanol–water partition coefficient (Wildman–Crippen LogP) is 8.49. The molecular weight excluding hydrogens is 400 g/mol. The van der Waals surface area contributed by atoms with E-state index in [1.165, 1.54) is 77.0 Å². The molecule has 0 aromatic carbocycles. The summed E-state index contributed by atoms with van der Waals surface area (Å²) in [5, 5.41) is 0. The lowest BCUT2D eigenvalue weighted by Gasteiger charge is -2.12. The largest absolute Gasteiger partial charge is 0.393 e. The van der Waals surface area contributed by atoms with Gasteiger partial charge in [-0.15, -0.1) is 0 Å². The van der Waals surface area contributed by atoms with Gasteiger partial charge in [-0.2, -0.15) is 0 Å². The molecule has 0 aromatic rings. The Labute approximate surface area is 198 Å². The summed E-state index contributed by atoms with van der Waals surface area (Å²) in [5.41, 5.74) is 0. The Morgan fingerprint density at radius 1 is 0.594 bits per heavy atom. The van der Waals surface area contributed by atoms with Crippen molar-refractivity contribution >= 4 is 17.7 Å².